The first-order chi connectivity index (χ1) is 13.1. The van der Waals surface area contributed by atoms with Crippen LogP contribution in [0, 0.1) is 0 Å². The van der Waals surface area contributed by atoms with Crippen molar-refractivity contribution in [2.24, 2.45) is 0 Å². The van der Waals surface area contributed by atoms with Crippen LogP contribution in [0.2, 0.25) is 0 Å². The van der Waals surface area contributed by atoms with Crippen molar-refractivity contribution in [1.82, 2.24) is 4.90 Å². The first kappa shape index (κ1) is 21.5. The van der Waals surface area contributed by atoms with Crippen LogP contribution in [-0.2, 0) is 21.4 Å². The number of hydrogen-bond acceptors (Lipinski definition) is 3. The van der Waals surface area contributed by atoms with Crippen molar-refractivity contribution in [2.75, 3.05) is 19.4 Å². The summed E-state index contributed by atoms with van der Waals surface area (Å²) in [6.07, 6.45) is -0.291. The Kier molecular flexibility index (Phi) is 6.84. The number of carbonyl (C=O) groups is 2. The lowest BCUT2D eigenvalue weighted by molar-refractivity contribution is -0.128. The fourth-order valence-corrected chi connectivity index (χ4v) is 2.57. The topological polar surface area (TPSA) is 58.6 Å². The number of amides is 2. The van der Waals surface area contributed by atoms with E-state index in [-0.39, 0.29) is 17.2 Å². The van der Waals surface area contributed by atoms with Gasteiger partial charge in [0.1, 0.15) is 5.75 Å². The number of carbonyl (C=O) groups excluding carboxylic acids is 2. The smallest absolute Gasteiger partial charge is 0.265 e. The van der Waals surface area contributed by atoms with Gasteiger partial charge in [0, 0.05) is 19.8 Å². The monoisotopic (exact) mass is 382 g/mol. The van der Waals surface area contributed by atoms with Crippen LogP contribution < -0.4 is 10.1 Å². The molecule has 5 heteroatoms. The third kappa shape index (κ3) is 6.12. The van der Waals surface area contributed by atoms with Gasteiger partial charge >= 0.3 is 0 Å². The molecular formula is C23H30N2O3. The van der Waals surface area contributed by atoms with E-state index in [2.05, 4.69) is 26.1 Å². The van der Waals surface area contributed by atoms with Crippen molar-refractivity contribution < 1.29 is 14.3 Å². The van der Waals surface area contributed by atoms with E-state index >= 15 is 0 Å². The molecule has 28 heavy (non-hydrogen) atoms. The standard InChI is InChI=1S/C23H30N2O3/c1-16(28-20-13-9-18(10-14-20)23(2,3)4)22(27)24-19-11-7-17(8-12-19)15-21(26)25(5)6/h7-14,16H,15H2,1-6H3,(H,24,27). The molecule has 0 saturated carbocycles. The van der Waals surface area contributed by atoms with Gasteiger partial charge in [0.05, 0.1) is 6.42 Å². The van der Waals surface area contributed by atoms with Crippen LogP contribution >= 0.6 is 0 Å². The lowest BCUT2D eigenvalue weighted by atomic mass is 9.87. The highest BCUT2D eigenvalue weighted by molar-refractivity contribution is 5.94. The van der Waals surface area contributed by atoms with Crippen LogP contribution in [0.4, 0.5) is 5.69 Å². The predicted molar refractivity (Wildman–Crippen MR) is 113 cm³/mol. The fourth-order valence-electron chi connectivity index (χ4n) is 2.57. The summed E-state index contributed by atoms with van der Waals surface area (Å²) < 4.78 is 5.76. The maximum Gasteiger partial charge on any atom is 0.265 e. The van der Waals surface area contributed by atoms with Gasteiger partial charge in [0.2, 0.25) is 5.91 Å². The van der Waals surface area contributed by atoms with Crippen LogP contribution in [0.25, 0.3) is 0 Å². The van der Waals surface area contributed by atoms with Crippen molar-refractivity contribution in [3.63, 3.8) is 0 Å². The average molecular weight is 383 g/mol. The zero-order valence-corrected chi connectivity index (χ0v) is 17.6. The van der Waals surface area contributed by atoms with E-state index in [0.29, 0.717) is 17.9 Å². The normalized spacial score (nSPS) is 12.2. The van der Waals surface area contributed by atoms with Gasteiger partial charge in [0.25, 0.3) is 5.91 Å². The van der Waals surface area contributed by atoms with Gasteiger partial charge in [-0.2, -0.15) is 0 Å². The Morgan fingerprint density at radius 1 is 1.00 bits per heavy atom. The van der Waals surface area contributed by atoms with Crippen molar-refractivity contribution in [3.8, 4) is 5.75 Å². The van der Waals surface area contributed by atoms with Gasteiger partial charge in [-0.3, -0.25) is 9.59 Å². The molecule has 0 aliphatic carbocycles. The molecule has 2 aromatic rings. The molecule has 2 amide bonds. The quantitative estimate of drug-likeness (QED) is 0.821. The maximum atomic E-state index is 12.4. The summed E-state index contributed by atoms with van der Waals surface area (Å²) in [7, 11) is 3.46. The van der Waals surface area contributed by atoms with Gasteiger partial charge < -0.3 is 15.0 Å². The number of benzene rings is 2. The number of likely N-dealkylation sites (N-methyl/N-ethyl adjacent to an activating group) is 1. The second-order valence-electron chi connectivity index (χ2n) is 8.19. The molecule has 0 bridgehead atoms. The number of hydrogen-bond donors (Lipinski definition) is 1. The van der Waals surface area contributed by atoms with Crippen molar-refractivity contribution >= 4 is 17.5 Å². The molecule has 0 aliphatic rings. The largest absolute Gasteiger partial charge is 0.481 e. The minimum absolute atomic E-state index is 0.0382. The Labute approximate surface area is 167 Å². The highest BCUT2D eigenvalue weighted by Crippen LogP contribution is 2.24. The van der Waals surface area contributed by atoms with E-state index in [1.807, 2.05) is 36.4 Å². The van der Waals surface area contributed by atoms with Gasteiger partial charge in [-0.05, 0) is 47.7 Å². The minimum Gasteiger partial charge on any atom is -0.481 e. The second kappa shape index (κ2) is 8.91. The molecule has 0 spiro atoms. The van der Waals surface area contributed by atoms with E-state index in [9.17, 15) is 9.59 Å². The fraction of sp³-hybridized carbons (Fsp3) is 0.391. The molecule has 1 N–H and O–H groups in total. The molecule has 0 radical (unpaired) electrons. The molecule has 1 unspecified atom stereocenters. The van der Waals surface area contributed by atoms with E-state index < -0.39 is 6.10 Å². The van der Waals surface area contributed by atoms with E-state index in [4.69, 9.17) is 4.74 Å². The zero-order chi connectivity index (χ0) is 20.9. The number of rotatable bonds is 6. The molecule has 0 aromatic heterocycles. The van der Waals surface area contributed by atoms with Crippen molar-refractivity contribution in [2.45, 2.75) is 45.6 Å². The molecule has 0 heterocycles. The minimum atomic E-state index is -0.629. The molecule has 2 rings (SSSR count). The maximum absolute atomic E-state index is 12.4. The molecule has 1 atom stereocenters. The van der Waals surface area contributed by atoms with Crippen molar-refractivity contribution in [1.29, 1.82) is 0 Å². The van der Waals surface area contributed by atoms with E-state index in [1.54, 1.807) is 38.1 Å². The Morgan fingerprint density at radius 3 is 2.07 bits per heavy atom. The summed E-state index contributed by atoms with van der Waals surface area (Å²) in [6.45, 7) is 8.18. The molecule has 0 aliphatic heterocycles. The number of nitrogens with one attached hydrogen (secondary N) is 1. The summed E-state index contributed by atoms with van der Waals surface area (Å²) in [5.74, 6) is 0.474. The second-order valence-corrected chi connectivity index (χ2v) is 8.19. The highest BCUT2D eigenvalue weighted by atomic mass is 16.5. The number of nitrogens with zero attached hydrogens (tertiary/aromatic N) is 1. The molecule has 0 fully saturated rings. The van der Waals surface area contributed by atoms with E-state index in [1.165, 1.54) is 5.56 Å². The lowest BCUT2D eigenvalue weighted by Gasteiger charge is -2.20. The lowest BCUT2D eigenvalue weighted by Crippen LogP contribution is -2.30. The van der Waals surface area contributed by atoms with Crippen LogP contribution in [-0.4, -0.2) is 36.9 Å². The predicted octanol–water partition coefficient (Wildman–Crippen LogP) is 4.02. The SMILES string of the molecule is CC(Oc1ccc(C(C)(C)C)cc1)C(=O)Nc1ccc(CC(=O)N(C)C)cc1. The summed E-state index contributed by atoms with van der Waals surface area (Å²) >= 11 is 0. The molecule has 2 aromatic carbocycles. The Balaban J connectivity index is 1.92. The van der Waals surface area contributed by atoms with Crippen LogP contribution in [0.1, 0.15) is 38.8 Å². The van der Waals surface area contributed by atoms with Crippen LogP contribution in [0.5, 0.6) is 5.75 Å². The highest BCUT2D eigenvalue weighted by Gasteiger charge is 2.17. The Morgan fingerprint density at radius 2 is 1.57 bits per heavy atom. The summed E-state index contributed by atoms with van der Waals surface area (Å²) in [4.78, 5) is 25.7. The Bertz CT molecular complexity index is 803. The van der Waals surface area contributed by atoms with Gasteiger partial charge in [0.15, 0.2) is 6.10 Å². The van der Waals surface area contributed by atoms with Crippen molar-refractivity contribution in [3.05, 3.63) is 59.7 Å². The summed E-state index contributed by atoms with van der Waals surface area (Å²) in [5, 5.41) is 2.84. The van der Waals surface area contributed by atoms with Gasteiger partial charge in [-0.1, -0.05) is 45.0 Å². The first-order valence-corrected chi connectivity index (χ1v) is 9.43. The molecule has 0 saturated heterocycles. The van der Waals surface area contributed by atoms with Crippen LogP contribution in [0.15, 0.2) is 48.5 Å². The van der Waals surface area contributed by atoms with Gasteiger partial charge in [-0.15, -0.1) is 0 Å². The van der Waals surface area contributed by atoms with Crippen LogP contribution in [0.3, 0.4) is 0 Å². The Hall–Kier alpha value is -2.82. The first-order valence-electron chi connectivity index (χ1n) is 9.43. The third-order valence-corrected chi connectivity index (χ3v) is 4.48. The summed E-state index contributed by atoms with van der Waals surface area (Å²) in [6, 6.07) is 15.1. The molecule has 150 valence electrons. The number of anilines is 1. The van der Waals surface area contributed by atoms with Gasteiger partial charge in [-0.25, -0.2) is 0 Å². The average Bonchev–Trinajstić information content (AvgIpc) is 2.62. The molecular weight excluding hydrogens is 352 g/mol. The zero-order valence-electron chi connectivity index (χ0n) is 17.6. The third-order valence-electron chi connectivity index (χ3n) is 4.48. The number of ether oxygens (including phenoxy) is 1. The van der Waals surface area contributed by atoms with E-state index in [0.717, 1.165) is 5.56 Å². The molecule has 5 nitrogen and oxygen atoms in total. The summed E-state index contributed by atoms with van der Waals surface area (Å²) in [5.41, 5.74) is 2.86.